The molecule has 7 nitrogen and oxygen atoms in total. The van der Waals surface area contributed by atoms with Gasteiger partial charge in [0.2, 0.25) is 0 Å². The molecule has 12 heteroatoms. The minimum atomic E-state index is -4.63. The van der Waals surface area contributed by atoms with Gasteiger partial charge >= 0.3 is 6.18 Å². The van der Waals surface area contributed by atoms with Crippen LogP contribution >= 0.6 is 27.5 Å². The number of benzene rings is 2. The highest BCUT2D eigenvalue weighted by atomic mass is 79.9. The average molecular weight is 609 g/mol. The first kappa shape index (κ1) is 27.6. The normalized spacial score (nSPS) is 14.0. The summed E-state index contributed by atoms with van der Waals surface area (Å²) in [6.07, 6.45) is -0.357. The van der Waals surface area contributed by atoms with Crippen LogP contribution < -0.4 is 15.6 Å². The van der Waals surface area contributed by atoms with Crippen molar-refractivity contribution in [3.05, 3.63) is 86.6 Å². The van der Waals surface area contributed by atoms with Crippen molar-refractivity contribution in [2.24, 2.45) is 5.10 Å². The van der Waals surface area contributed by atoms with Crippen LogP contribution in [-0.4, -0.2) is 36.1 Å². The average Bonchev–Trinajstić information content (AvgIpc) is 2.89. The molecule has 1 fully saturated rings. The van der Waals surface area contributed by atoms with Crippen molar-refractivity contribution in [3.8, 4) is 0 Å². The second-order valence-electron chi connectivity index (χ2n) is 8.51. The minimum Gasteiger partial charge on any atom is -0.372 e. The van der Waals surface area contributed by atoms with Crippen LogP contribution in [0.1, 0.15) is 51.2 Å². The van der Waals surface area contributed by atoms with Crippen molar-refractivity contribution >= 4 is 56.9 Å². The molecule has 2 aromatic carbocycles. The maximum atomic E-state index is 13.1. The van der Waals surface area contributed by atoms with Gasteiger partial charge in [0.05, 0.1) is 28.1 Å². The molecule has 0 radical (unpaired) electrons. The van der Waals surface area contributed by atoms with E-state index in [0.29, 0.717) is 4.60 Å². The number of piperidine rings is 1. The Kier molecular flexibility index (Phi) is 8.68. The van der Waals surface area contributed by atoms with Crippen molar-refractivity contribution in [3.63, 3.8) is 0 Å². The Morgan fingerprint density at radius 3 is 2.50 bits per heavy atom. The second kappa shape index (κ2) is 12.0. The Bertz CT molecular complexity index is 1380. The standard InChI is InChI=1S/C26H22BrClF3N5O2/c27-23-6-4-5-22(33-23)25(38)34-21-10-8-17(36-11-2-1-3-12-36)14-18(21)24(37)35-32-15-16-7-9-20(28)19(13-16)26(29,30)31/h4-10,13-15H,1-3,11-12H2,(H,34,38)(H,35,37)/b32-15-. The summed E-state index contributed by atoms with van der Waals surface area (Å²) < 4.78 is 39.9. The van der Waals surface area contributed by atoms with E-state index in [1.165, 1.54) is 12.1 Å². The number of nitrogens with one attached hydrogen (secondary N) is 2. The van der Waals surface area contributed by atoms with Crippen LogP contribution in [0.25, 0.3) is 0 Å². The molecular weight excluding hydrogens is 587 g/mol. The zero-order valence-corrected chi connectivity index (χ0v) is 22.2. The van der Waals surface area contributed by atoms with Crippen molar-refractivity contribution in [1.29, 1.82) is 0 Å². The van der Waals surface area contributed by atoms with E-state index in [-0.39, 0.29) is 22.5 Å². The zero-order chi connectivity index (χ0) is 27.3. The molecule has 2 amide bonds. The smallest absolute Gasteiger partial charge is 0.372 e. The van der Waals surface area contributed by atoms with Gasteiger partial charge in [0, 0.05) is 18.8 Å². The number of rotatable bonds is 6. The lowest BCUT2D eigenvalue weighted by molar-refractivity contribution is -0.137. The zero-order valence-electron chi connectivity index (χ0n) is 19.9. The Hall–Kier alpha value is -3.44. The minimum absolute atomic E-state index is 0.0957. The van der Waals surface area contributed by atoms with E-state index >= 15 is 0 Å². The second-order valence-corrected chi connectivity index (χ2v) is 9.73. The molecule has 1 aliphatic rings. The fraction of sp³-hybridized carbons (Fsp3) is 0.231. The molecule has 0 saturated carbocycles. The third kappa shape index (κ3) is 6.90. The first-order chi connectivity index (χ1) is 18.1. The highest BCUT2D eigenvalue weighted by Crippen LogP contribution is 2.35. The maximum Gasteiger partial charge on any atom is 0.417 e. The molecule has 0 bridgehead atoms. The Morgan fingerprint density at radius 2 is 1.79 bits per heavy atom. The van der Waals surface area contributed by atoms with E-state index in [2.05, 4.69) is 41.7 Å². The Balaban J connectivity index is 1.58. The lowest BCUT2D eigenvalue weighted by atomic mass is 10.1. The predicted octanol–water partition coefficient (Wildman–Crippen LogP) is 6.52. The summed E-state index contributed by atoms with van der Waals surface area (Å²) in [7, 11) is 0. The topological polar surface area (TPSA) is 86.7 Å². The van der Waals surface area contributed by atoms with E-state index < -0.39 is 28.6 Å². The van der Waals surface area contributed by atoms with Crippen LogP contribution in [0.15, 0.2) is 64.3 Å². The lowest BCUT2D eigenvalue weighted by Crippen LogP contribution is -2.30. The number of nitrogens with zero attached hydrogens (tertiary/aromatic N) is 3. The van der Waals surface area contributed by atoms with Crippen LogP contribution in [0.2, 0.25) is 5.02 Å². The van der Waals surface area contributed by atoms with Gasteiger partial charge in [-0.25, -0.2) is 10.4 Å². The molecule has 0 atom stereocenters. The van der Waals surface area contributed by atoms with E-state index in [1.807, 2.05) is 6.07 Å². The number of carbonyl (C=O) groups excluding carboxylic acids is 2. The summed E-state index contributed by atoms with van der Waals surface area (Å²) in [5.41, 5.74) is 2.75. The van der Waals surface area contributed by atoms with E-state index in [1.54, 1.807) is 24.3 Å². The lowest BCUT2D eigenvalue weighted by Gasteiger charge is -2.29. The van der Waals surface area contributed by atoms with Crippen molar-refractivity contribution in [1.82, 2.24) is 10.4 Å². The van der Waals surface area contributed by atoms with E-state index in [4.69, 9.17) is 11.6 Å². The Morgan fingerprint density at radius 1 is 1.03 bits per heavy atom. The fourth-order valence-corrected chi connectivity index (χ4v) is 4.53. The number of amides is 2. The summed E-state index contributed by atoms with van der Waals surface area (Å²) in [5.74, 6) is -1.17. The van der Waals surface area contributed by atoms with Gasteiger partial charge < -0.3 is 10.2 Å². The monoisotopic (exact) mass is 607 g/mol. The molecule has 38 heavy (non-hydrogen) atoms. The fourth-order valence-electron chi connectivity index (χ4n) is 3.97. The van der Waals surface area contributed by atoms with Crippen LogP contribution in [0, 0.1) is 0 Å². The number of halogens is 5. The largest absolute Gasteiger partial charge is 0.417 e. The van der Waals surface area contributed by atoms with Crippen LogP contribution in [0.3, 0.4) is 0 Å². The molecule has 1 aliphatic heterocycles. The van der Waals surface area contributed by atoms with Crippen molar-refractivity contribution in [2.45, 2.75) is 25.4 Å². The van der Waals surface area contributed by atoms with E-state index in [9.17, 15) is 22.8 Å². The van der Waals surface area contributed by atoms with Crippen LogP contribution in [0.5, 0.6) is 0 Å². The molecule has 4 rings (SSSR count). The van der Waals surface area contributed by atoms with Crippen LogP contribution in [-0.2, 0) is 6.18 Å². The number of hydrogen-bond acceptors (Lipinski definition) is 5. The predicted molar refractivity (Wildman–Crippen MR) is 144 cm³/mol. The molecular formula is C26H22BrClF3N5O2. The number of hydrogen-bond donors (Lipinski definition) is 2. The summed E-state index contributed by atoms with van der Waals surface area (Å²) in [6.45, 7) is 1.68. The maximum absolute atomic E-state index is 13.1. The number of carbonyl (C=O) groups is 2. The number of aromatic nitrogens is 1. The third-order valence-electron chi connectivity index (χ3n) is 5.84. The molecule has 0 spiro atoms. The van der Waals surface area contributed by atoms with Gasteiger partial charge in [-0.3, -0.25) is 9.59 Å². The molecule has 198 valence electrons. The summed E-state index contributed by atoms with van der Waals surface area (Å²) in [4.78, 5) is 32.2. The first-order valence-corrected chi connectivity index (χ1v) is 12.8. The van der Waals surface area contributed by atoms with Crippen molar-refractivity contribution < 1.29 is 22.8 Å². The Labute approximate surface area is 230 Å². The van der Waals surface area contributed by atoms with Gasteiger partial charge in [0.25, 0.3) is 11.8 Å². The summed E-state index contributed by atoms with van der Waals surface area (Å²) in [6, 6.07) is 13.3. The van der Waals surface area contributed by atoms with Gasteiger partial charge in [-0.2, -0.15) is 18.3 Å². The molecule has 3 aromatic rings. The molecule has 0 aliphatic carbocycles. The molecule has 1 aromatic heterocycles. The van der Waals surface area contributed by atoms with Gasteiger partial charge in [-0.1, -0.05) is 23.7 Å². The highest BCUT2D eigenvalue weighted by molar-refractivity contribution is 9.10. The number of pyridine rings is 1. The van der Waals surface area contributed by atoms with Gasteiger partial charge in [0.15, 0.2) is 0 Å². The van der Waals surface area contributed by atoms with Crippen LogP contribution in [0.4, 0.5) is 24.5 Å². The summed E-state index contributed by atoms with van der Waals surface area (Å²) >= 11 is 8.88. The number of hydrazone groups is 1. The highest BCUT2D eigenvalue weighted by Gasteiger charge is 2.33. The van der Waals surface area contributed by atoms with E-state index in [0.717, 1.165) is 56.4 Å². The number of alkyl halides is 3. The SMILES string of the molecule is O=C(Nc1ccc(N2CCCCC2)cc1C(=O)N/N=C\c1ccc(Cl)c(C(F)(F)F)c1)c1cccc(Br)n1. The van der Waals surface area contributed by atoms with Gasteiger partial charge in [-0.05, 0) is 83.2 Å². The molecule has 2 heterocycles. The first-order valence-electron chi connectivity index (χ1n) is 11.6. The van der Waals surface area contributed by atoms with Crippen molar-refractivity contribution in [2.75, 3.05) is 23.3 Å². The van der Waals surface area contributed by atoms with Gasteiger partial charge in [0.1, 0.15) is 10.3 Å². The summed E-state index contributed by atoms with van der Waals surface area (Å²) in [5, 5.41) is 6.10. The third-order valence-corrected chi connectivity index (χ3v) is 6.61. The number of anilines is 2. The molecule has 2 N–H and O–H groups in total. The molecule has 1 saturated heterocycles. The quantitative estimate of drug-likeness (QED) is 0.190. The van der Waals surface area contributed by atoms with Gasteiger partial charge in [-0.15, -0.1) is 0 Å². The molecule has 0 unspecified atom stereocenters.